The molecule has 0 aromatic heterocycles. The Bertz CT molecular complexity index is 388. The molecule has 0 amide bonds. The number of allylic oxidation sites excluding steroid dienone is 1. The quantitative estimate of drug-likeness (QED) is 0.632. The summed E-state index contributed by atoms with van der Waals surface area (Å²) in [4.78, 5) is 0.607. The number of hydrogen-bond acceptors (Lipinski definition) is 3. The molecule has 0 aliphatic carbocycles. The molecule has 1 unspecified atom stereocenters. The van der Waals surface area contributed by atoms with E-state index in [0.717, 1.165) is 11.1 Å². The van der Waals surface area contributed by atoms with Crippen molar-refractivity contribution in [3.05, 3.63) is 24.3 Å². The summed E-state index contributed by atoms with van der Waals surface area (Å²) in [7, 11) is 1.52. The first-order chi connectivity index (χ1) is 6.97. The van der Waals surface area contributed by atoms with E-state index in [9.17, 15) is 4.55 Å². The Morgan fingerprint density at radius 1 is 1.53 bits per heavy atom. The molecule has 0 bridgehead atoms. The number of anilines is 1. The van der Waals surface area contributed by atoms with Gasteiger partial charge in [-0.15, -0.1) is 0 Å². The average molecular weight is 225 g/mol. The van der Waals surface area contributed by atoms with Crippen LogP contribution in [0.5, 0.6) is 5.75 Å². The Morgan fingerprint density at radius 2 is 2.13 bits per heavy atom. The predicted octanol–water partition coefficient (Wildman–Crippen LogP) is 2.05. The zero-order chi connectivity index (χ0) is 11.6. The zero-order valence-electron chi connectivity index (χ0n) is 9.16. The number of rotatable bonds is 3. The fraction of sp³-hybridized carbons (Fsp3) is 0.273. The fourth-order valence-electron chi connectivity index (χ4n) is 1.30. The summed E-state index contributed by atoms with van der Waals surface area (Å²) >= 11 is -1.12. The van der Waals surface area contributed by atoms with Crippen molar-refractivity contribution in [2.24, 2.45) is 0 Å². The highest BCUT2D eigenvalue weighted by Gasteiger charge is 2.17. The van der Waals surface area contributed by atoms with Crippen LogP contribution in [0.3, 0.4) is 0 Å². The van der Waals surface area contributed by atoms with Gasteiger partial charge in [-0.3, -0.25) is 0 Å². The molecule has 3 nitrogen and oxygen atoms in total. The molecule has 4 heteroatoms. The van der Waals surface area contributed by atoms with Crippen molar-refractivity contribution in [1.82, 2.24) is 0 Å². The monoisotopic (exact) mass is 225 g/mol. The molecule has 0 heterocycles. The van der Waals surface area contributed by atoms with Gasteiger partial charge in [-0.05, 0) is 29.7 Å². The van der Waals surface area contributed by atoms with Gasteiger partial charge < -0.3 is 15.0 Å². The average Bonchev–Trinajstić information content (AvgIpc) is 2.16. The standard InChI is InChI=1S/C11H15NO2S/c1-7(2)8-5-9(12)11(14-3)10(6-8)15(4)13/h5-6H,1,12H2,2-4H3. The summed E-state index contributed by atoms with van der Waals surface area (Å²) in [6, 6.07) is 3.57. The molecule has 82 valence electrons. The SMILES string of the molecule is C=C(C)c1cc(N)c(OC)c([S+](C)[O-])c1. The minimum Gasteiger partial charge on any atom is -0.612 e. The predicted molar refractivity (Wildman–Crippen MR) is 64.4 cm³/mol. The van der Waals surface area contributed by atoms with Crippen LogP contribution in [0.15, 0.2) is 23.6 Å². The molecule has 1 atom stereocenters. The Hall–Kier alpha value is -1.13. The van der Waals surface area contributed by atoms with E-state index in [2.05, 4.69) is 6.58 Å². The van der Waals surface area contributed by atoms with Crippen LogP contribution in [-0.4, -0.2) is 17.9 Å². The molecular weight excluding hydrogens is 210 g/mol. The molecule has 0 spiro atoms. The minimum atomic E-state index is -1.12. The third kappa shape index (κ3) is 2.46. The van der Waals surface area contributed by atoms with Gasteiger partial charge >= 0.3 is 0 Å². The first kappa shape index (κ1) is 11.9. The molecule has 0 radical (unpaired) electrons. The van der Waals surface area contributed by atoms with Crippen LogP contribution in [-0.2, 0) is 11.2 Å². The van der Waals surface area contributed by atoms with Gasteiger partial charge in [0.05, 0.1) is 12.8 Å². The van der Waals surface area contributed by atoms with Crippen LogP contribution in [0.25, 0.3) is 5.57 Å². The molecule has 1 aromatic carbocycles. The summed E-state index contributed by atoms with van der Waals surface area (Å²) in [5, 5.41) is 0. The van der Waals surface area contributed by atoms with Gasteiger partial charge in [0.2, 0.25) is 0 Å². The summed E-state index contributed by atoms with van der Waals surface area (Å²) in [6.07, 6.45) is 1.60. The molecule has 0 saturated carbocycles. The molecule has 0 saturated heterocycles. The van der Waals surface area contributed by atoms with E-state index in [1.165, 1.54) is 7.11 Å². The lowest BCUT2D eigenvalue weighted by Gasteiger charge is -2.13. The number of methoxy groups -OCH3 is 1. The van der Waals surface area contributed by atoms with Gasteiger partial charge in [0.15, 0.2) is 10.6 Å². The molecule has 1 aromatic rings. The van der Waals surface area contributed by atoms with E-state index >= 15 is 0 Å². The molecular formula is C11H15NO2S. The summed E-state index contributed by atoms with van der Waals surface area (Å²) in [5.74, 6) is 0.487. The minimum absolute atomic E-state index is 0.487. The summed E-state index contributed by atoms with van der Waals surface area (Å²) in [5.41, 5.74) is 8.07. The van der Waals surface area contributed by atoms with Crippen molar-refractivity contribution in [2.45, 2.75) is 11.8 Å². The Morgan fingerprint density at radius 3 is 2.53 bits per heavy atom. The van der Waals surface area contributed by atoms with Gasteiger partial charge in [-0.1, -0.05) is 12.2 Å². The molecule has 2 N–H and O–H groups in total. The van der Waals surface area contributed by atoms with E-state index < -0.39 is 11.2 Å². The maximum Gasteiger partial charge on any atom is 0.197 e. The molecule has 1 rings (SSSR count). The maximum absolute atomic E-state index is 11.5. The van der Waals surface area contributed by atoms with Crippen molar-refractivity contribution in [3.8, 4) is 5.75 Å². The van der Waals surface area contributed by atoms with E-state index in [4.69, 9.17) is 10.5 Å². The topological polar surface area (TPSA) is 58.3 Å². The van der Waals surface area contributed by atoms with E-state index in [1.54, 1.807) is 18.4 Å². The lowest BCUT2D eigenvalue weighted by Crippen LogP contribution is -2.04. The Labute approximate surface area is 93.1 Å². The Kier molecular flexibility index (Phi) is 3.66. The van der Waals surface area contributed by atoms with Gasteiger partial charge in [-0.25, -0.2) is 0 Å². The highest BCUT2D eigenvalue weighted by atomic mass is 32.2. The molecule has 0 fully saturated rings. The number of nitrogen functional groups attached to an aromatic ring is 1. The number of hydrogen-bond donors (Lipinski definition) is 1. The van der Waals surface area contributed by atoms with Crippen molar-refractivity contribution in [1.29, 1.82) is 0 Å². The van der Waals surface area contributed by atoms with Crippen molar-refractivity contribution < 1.29 is 9.29 Å². The maximum atomic E-state index is 11.5. The lowest BCUT2D eigenvalue weighted by atomic mass is 10.1. The van der Waals surface area contributed by atoms with Crippen molar-refractivity contribution in [2.75, 3.05) is 19.1 Å². The number of benzene rings is 1. The lowest BCUT2D eigenvalue weighted by molar-refractivity contribution is 0.405. The number of ether oxygens (including phenoxy) is 1. The second-order valence-electron chi connectivity index (χ2n) is 3.33. The zero-order valence-corrected chi connectivity index (χ0v) is 9.98. The first-order valence-electron chi connectivity index (χ1n) is 4.44. The van der Waals surface area contributed by atoms with Crippen LogP contribution in [0.2, 0.25) is 0 Å². The van der Waals surface area contributed by atoms with Crippen LogP contribution in [0.4, 0.5) is 5.69 Å². The highest BCUT2D eigenvalue weighted by molar-refractivity contribution is 7.90. The van der Waals surface area contributed by atoms with Crippen LogP contribution >= 0.6 is 0 Å². The molecule has 15 heavy (non-hydrogen) atoms. The second-order valence-corrected chi connectivity index (χ2v) is 4.68. The summed E-state index contributed by atoms with van der Waals surface area (Å²) < 4.78 is 16.6. The van der Waals surface area contributed by atoms with Gasteiger partial charge in [0.1, 0.15) is 6.26 Å². The van der Waals surface area contributed by atoms with Crippen LogP contribution in [0.1, 0.15) is 12.5 Å². The van der Waals surface area contributed by atoms with E-state index in [-0.39, 0.29) is 0 Å². The van der Waals surface area contributed by atoms with Gasteiger partial charge in [0.25, 0.3) is 0 Å². The Balaban J connectivity index is 3.38. The van der Waals surface area contributed by atoms with Gasteiger partial charge in [0, 0.05) is 6.07 Å². The first-order valence-corrected chi connectivity index (χ1v) is 6.00. The second kappa shape index (κ2) is 4.59. The number of nitrogens with two attached hydrogens (primary N) is 1. The fourth-order valence-corrected chi connectivity index (χ4v) is 2.06. The smallest absolute Gasteiger partial charge is 0.197 e. The molecule has 0 aliphatic heterocycles. The summed E-state index contributed by atoms with van der Waals surface area (Å²) in [6.45, 7) is 5.71. The van der Waals surface area contributed by atoms with Crippen LogP contribution in [0, 0.1) is 0 Å². The normalized spacial score (nSPS) is 12.3. The van der Waals surface area contributed by atoms with E-state index in [1.807, 2.05) is 6.92 Å². The third-order valence-corrected chi connectivity index (χ3v) is 3.01. The highest BCUT2D eigenvalue weighted by Crippen LogP contribution is 2.33. The van der Waals surface area contributed by atoms with Crippen molar-refractivity contribution in [3.63, 3.8) is 0 Å². The largest absolute Gasteiger partial charge is 0.612 e. The van der Waals surface area contributed by atoms with Crippen LogP contribution < -0.4 is 10.5 Å². The van der Waals surface area contributed by atoms with Crippen molar-refractivity contribution >= 4 is 22.4 Å². The third-order valence-electron chi connectivity index (χ3n) is 2.09. The molecule has 0 aliphatic rings. The van der Waals surface area contributed by atoms with Gasteiger partial charge in [-0.2, -0.15) is 0 Å². The van der Waals surface area contributed by atoms with E-state index in [0.29, 0.717) is 16.3 Å².